The van der Waals surface area contributed by atoms with Gasteiger partial charge in [-0.05, 0) is 69.8 Å². The zero-order chi connectivity index (χ0) is 13.1. The lowest BCUT2D eigenvalue weighted by atomic mass is 9.94. The van der Waals surface area contributed by atoms with E-state index in [0.29, 0.717) is 0 Å². The molecule has 1 atom stereocenters. The quantitative estimate of drug-likeness (QED) is 0.885. The second-order valence-electron chi connectivity index (χ2n) is 5.85. The second kappa shape index (κ2) is 5.85. The molecule has 0 saturated carbocycles. The number of hydrogen-bond acceptors (Lipinski definition) is 2. The highest BCUT2D eigenvalue weighted by Gasteiger charge is 2.16. The minimum atomic E-state index is 0.267. The van der Waals surface area contributed by atoms with Crippen molar-refractivity contribution in [2.45, 2.75) is 46.1 Å². The maximum Gasteiger partial charge on any atom is 0.0208 e. The first-order chi connectivity index (χ1) is 8.56. The van der Waals surface area contributed by atoms with Gasteiger partial charge in [0, 0.05) is 12.6 Å². The molecule has 0 spiro atoms. The molecule has 1 heterocycles. The SMILES string of the molecule is Cc1cc(C)c(CC(N)CN2CCCC2)c(C)c1. The average Bonchev–Trinajstić information content (AvgIpc) is 2.76. The average molecular weight is 246 g/mol. The Hall–Kier alpha value is -0.860. The molecule has 18 heavy (non-hydrogen) atoms. The van der Waals surface area contributed by atoms with E-state index < -0.39 is 0 Å². The van der Waals surface area contributed by atoms with Crippen LogP contribution >= 0.6 is 0 Å². The van der Waals surface area contributed by atoms with E-state index in [9.17, 15) is 0 Å². The Morgan fingerprint density at radius 3 is 2.22 bits per heavy atom. The van der Waals surface area contributed by atoms with Crippen molar-refractivity contribution in [2.24, 2.45) is 5.73 Å². The highest BCUT2D eigenvalue weighted by Crippen LogP contribution is 2.18. The molecule has 2 N–H and O–H groups in total. The van der Waals surface area contributed by atoms with Crippen molar-refractivity contribution in [2.75, 3.05) is 19.6 Å². The van der Waals surface area contributed by atoms with Gasteiger partial charge in [0.2, 0.25) is 0 Å². The standard InChI is InChI=1S/C16H26N2/c1-12-8-13(2)16(14(3)9-12)10-15(17)11-18-6-4-5-7-18/h8-9,15H,4-7,10-11,17H2,1-3H3. The topological polar surface area (TPSA) is 29.3 Å². The first-order valence-corrected chi connectivity index (χ1v) is 7.11. The Morgan fingerprint density at radius 1 is 1.11 bits per heavy atom. The summed E-state index contributed by atoms with van der Waals surface area (Å²) in [4.78, 5) is 2.50. The fourth-order valence-electron chi connectivity index (χ4n) is 3.16. The van der Waals surface area contributed by atoms with Crippen LogP contribution in [0.25, 0.3) is 0 Å². The van der Waals surface area contributed by atoms with Crippen LogP contribution in [0.15, 0.2) is 12.1 Å². The number of rotatable bonds is 4. The van der Waals surface area contributed by atoms with Crippen LogP contribution in [0.2, 0.25) is 0 Å². The van der Waals surface area contributed by atoms with Crippen LogP contribution in [0.4, 0.5) is 0 Å². The van der Waals surface area contributed by atoms with Gasteiger partial charge < -0.3 is 10.6 Å². The van der Waals surface area contributed by atoms with Crippen molar-refractivity contribution < 1.29 is 0 Å². The van der Waals surface area contributed by atoms with Gasteiger partial charge in [-0.3, -0.25) is 0 Å². The Kier molecular flexibility index (Phi) is 4.41. The Labute approximate surface area is 111 Å². The number of hydrogen-bond donors (Lipinski definition) is 1. The molecular weight excluding hydrogens is 220 g/mol. The molecule has 1 aliphatic heterocycles. The maximum absolute atomic E-state index is 6.32. The van der Waals surface area contributed by atoms with E-state index in [1.54, 1.807) is 0 Å². The van der Waals surface area contributed by atoms with Crippen LogP contribution in [0, 0.1) is 20.8 Å². The lowest BCUT2D eigenvalue weighted by Crippen LogP contribution is -2.37. The predicted octanol–water partition coefficient (Wildman–Crippen LogP) is 2.58. The van der Waals surface area contributed by atoms with Crippen molar-refractivity contribution in [3.8, 4) is 0 Å². The number of nitrogens with zero attached hydrogens (tertiary/aromatic N) is 1. The van der Waals surface area contributed by atoms with E-state index in [0.717, 1.165) is 13.0 Å². The summed E-state index contributed by atoms with van der Waals surface area (Å²) in [5.41, 5.74) is 11.9. The van der Waals surface area contributed by atoms with Crippen LogP contribution in [-0.2, 0) is 6.42 Å². The van der Waals surface area contributed by atoms with Crippen molar-refractivity contribution in [1.82, 2.24) is 4.90 Å². The zero-order valence-corrected chi connectivity index (χ0v) is 12.0. The minimum Gasteiger partial charge on any atom is -0.326 e. The summed E-state index contributed by atoms with van der Waals surface area (Å²) >= 11 is 0. The fraction of sp³-hybridized carbons (Fsp3) is 0.625. The summed E-state index contributed by atoms with van der Waals surface area (Å²) in [7, 11) is 0. The summed E-state index contributed by atoms with van der Waals surface area (Å²) in [5, 5.41) is 0. The fourth-order valence-corrected chi connectivity index (χ4v) is 3.16. The van der Waals surface area contributed by atoms with E-state index in [-0.39, 0.29) is 6.04 Å². The van der Waals surface area contributed by atoms with E-state index >= 15 is 0 Å². The Morgan fingerprint density at radius 2 is 1.67 bits per heavy atom. The summed E-state index contributed by atoms with van der Waals surface area (Å²) < 4.78 is 0. The molecule has 1 aromatic carbocycles. The van der Waals surface area contributed by atoms with Gasteiger partial charge >= 0.3 is 0 Å². The molecule has 1 fully saturated rings. The van der Waals surface area contributed by atoms with Gasteiger partial charge in [-0.15, -0.1) is 0 Å². The summed E-state index contributed by atoms with van der Waals surface area (Å²) in [6.45, 7) is 10.1. The first-order valence-electron chi connectivity index (χ1n) is 7.11. The largest absolute Gasteiger partial charge is 0.326 e. The highest BCUT2D eigenvalue weighted by molar-refractivity contribution is 5.38. The number of likely N-dealkylation sites (tertiary alicyclic amines) is 1. The van der Waals surface area contributed by atoms with Gasteiger partial charge in [-0.25, -0.2) is 0 Å². The third kappa shape index (κ3) is 3.33. The van der Waals surface area contributed by atoms with Gasteiger partial charge in [0.25, 0.3) is 0 Å². The van der Waals surface area contributed by atoms with E-state index in [1.165, 1.54) is 48.2 Å². The molecule has 1 aliphatic rings. The monoisotopic (exact) mass is 246 g/mol. The maximum atomic E-state index is 6.32. The Balaban J connectivity index is 1.99. The molecule has 1 unspecified atom stereocenters. The molecule has 2 nitrogen and oxygen atoms in total. The van der Waals surface area contributed by atoms with Crippen LogP contribution < -0.4 is 5.73 Å². The lowest BCUT2D eigenvalue weighted by molar-refractivity contribution is 0.313. The normalized spacial score (nSPS) is 18.2. The van der Waals surface area contributed by atoms with E-state index in [2.05, 4.69) is 37.8 Å². The van der Waals surface area contributed by atoms with Gasteiger partial charge in [0.15, 0.2) is 0 Å². The zero-order valence-electron chi connectivity index (χ0n) is 12.0. The van der Waals surface area contributed by atoms with Crippen molar-refractivity contribution in [3.05, 3.63) is 34.4 Å². The third-order valence-corrected chi connectivity index (χ3v) is 4.00. The molecule has 1 aromatic rings. The van der Waals surface area contributed by atoms with Gasteiger partial charge in [0.1, 0.15) is 0 Å². The first kappa shape index (κ1) is 13.6. The predicted molar refractivity (Wildman–Crippen MR) is 78.0 cm³/mol. The molecule has 1 saturated heterocycles. The number of nitrogens with two attached hydrogens (primary N) is 1. The van der Waals surface area contributed by atoms with Crippen molar-refractivity contribution in [1.29, 1.82) is 0 Å². The molecule has 0 aliphatic carbocycles. The van der Waals surface area contributed by atoms with Crippen LogP contribution in [0.1, 0.15) is 35.1 Å². The van der Waals surface area contributed by atoms with Crippen molar-refractivity contribution >= 4 is 0 Å². The summed E-state index contributed by atoms with van der Waals surface area (Å²) in [6, 6.07) is 4.80. The third-order valence-electron chi connectivity index (χ3n) is 4.00. The van der Waals surface area contributed by atoms with Gasteiger partial charge in [-0.1, -0.05) is 17.7 Å². The number of aryl methyl sites for hydroxylation is 3. The molecule has 2 rings (SSSR count). The van der Waals surface area contributed by atoms with Gasteiger partial charge in [0.05, 0.1) is 0 Å². The van der Waals surface area contributed by atoms with Crippen molar-refractivity contribution in [3.63, 3.8) is 0 Å². The molecule has 0 amide bonds. The second-order valence-corrected chi connectivity index (χ2v) is 5.85. The van der Waals surface area contributed by atoms with E-state index in [1.807, 2.05) is 0 Å². The molecule has 2 heteroatoms. The summed E-state index contributed by atoms with van der Waals surface area (Å²) in [5.74, 6) is 0. The minimum absolute atomic E-state index is 0.267. The molecule has 0 aromatic heterocycles. The Bertz CT molecular complexity index is 383. The smallest absolute Gasteiger partial charge is 0.0208 e. The van der Waals surface area contributed by atoms with Crippen LogP contribution in [0.5, 0.6) is 0 Å². The van der Waals surface area contributed by atoms with Crippen LogP contribution in [0.3, 0.4) is 0 Å². The molecule has 0 radical (unpaired) electrons. The van der Waals surface area contributed by atoms with E-state index in [4.69, 9.17) is 5.73 Å². The highest BCUT2D eigenvalue weighted by atomic mass is 15.1. The number of benzene rings is 1. The van der Waals surface area contributed by atoms with Gasteiger partial charge in [-0.2, -0.15) is 0 Å². The summed E-state index contributed by atoms with van der Waals surface area (Å²) in [6.07, 6.45) is 3.69. The lowest BCUT2D eigenvalue weighted by Gasteiger charge is -2.22. The molecule has 0 bridgehead atoms. The molecular formula is C16H26N2. The molecule has 100 valence electrons. The van der Waals surface area contributed by atoms with Crippen LogP contribution in [-0.4, -0.2) is 30.6 Å².